The lowest BCUT2D eigenvalue weighted by Crippen LogP contribution is -2.29. The largest absolute Gasteiger partial charge is 0.496 e. The molecule has 0 heterocycles. The highest BCUT2D eigenvalue weighted by Crippen LogP contribution is 2.21. The molecule has 26 heavy (non-hydrogen) atoms. The van der Waals surface area contributed by atoms with Crippen LogP contribution in [0, 0.1) is 6.92 Å². The maximum absolute atomic E-state index is 11.8. The number of amides is 1. The summed E-state index contributed by atoms with van der Waals surface area (Å²) in [6, 6.07) is 12.4. The van der Waals surface area contributed by atoms with Crippen LogP contribution >= 0.6 is 11.6 Å². The van der Waals surface area contributed by atoms with Crippen molar-refractivity contribution in [3.05, 3.63) is 58.6 Å². The molecule has 0 fully saturated rings. The summed E-state index contributed by atoms with van der Waals surface area (Å²) in [5, 5.41) is 3.28. The minimum Gasteiger partial charge on any atom is -0.496 e. The Morgan fingerprint density at radius 2 is 1.88 bits per heavy atom. The van der Waals surface area contributed by atoms with Crippen LogP contribution in [-0.4, -0.2) is 32.2 Å². The molecule has 2 rings (SSSR count). The number of hydrogen-bond donors (Lipinski definition) is 1. The molecule has 2 aromatic rings. The third-order valence-corrected chi connectivity index (χ3v) is 3.94. The van der Waals surface area contributed by atoms with Gasteiger partial charge in [-0.2, -0.15) is 0 Å². The molecule has 0 spiro atoms. The van der Waals surface area contributed by atoms with Crippen LogP contribution in [-0.2, 0) is 20.9 Å². The van der Waals surface area contributed by atoms with Gasteiger partial charge >= 0.3 is 5.97 Å². The van der Waals surface area contributed by atoms with Gasteiger partial charge in [0, 0.05) is 17.1 Å². The highest BCUT2D eigenvalue weighted by molar-refractivity contribution is 6.31. The van der Waals surface area contributed by atoms with E-state index in [1.54, 1.807) is 31.4 Å². The van der Waals surface area contributed by atoms with E-state index in [1.807, 2.05) is 25.1 Å². The molecule has 7 heteroatoms. The molecule has 0 bridgehead atoms. The highest BCUT2D eigenvalue weighted by Gasteiger charge is 2.10. The van der Waals surface area contributed by atoms with Crippen molar-refractivity contribution >= 4 is 23.5 Å². The molecule has 0 atom stereocenters. The third kappa shape index (κ3) is 5.97. The summed E-state index contributed by atoms with van der Waals surface area (Å²) in [4.78, 5) is 23.5. The van der Waals surface area contributed by atoms with Gasteiger partial charge in [0.2, 0.25) is 0 Å². The second kappa shape index (κ2) is 9.68. The molecule has 6 nitrogen and oxygen atoms in total. The van der Waals surface area contributed by atoms with E-state index in [0.29, 0.717) is 16.5 Å². The minimum absolute atomic E-state index is 0.279. The molecule has 1 N–H and O–H groups in total. The number of benzene rings is 2. The lowest BCUT2D eigenvalue weighted by molar-refractivity contribution is -0.150. The molecule has 0 saturated carbocycles. The highest BCUT2D eigenvalue weighted by atomic mass is 35.5. The molecule has 0 aromatic heterocycles. The number of carbonyl (C=O) groups excluding carboxylic acids is 2. The fourth-order valence-electron chi connectivity index (χ4n) is 2.13. The first-order valence-electron chi connectivity index (χ1n) is 7.92. The van der Waals surface area contributed by atoms with E-state index in [-0.39, 0.29) is 19.8 Å². The van der Waals surface area contributed by atoms with Crippen LogP contribution in [0.4, 0.5) is 0 Å². The summed E-state index contributed by atoms with van der Waals surface area (Å²) >= 11 is 5.92. The summed E-state index contributed by atoms with van der Waals surface area (Å²) < 4.78 is 15.4. The zero-order valence-corrected chi connectivity index (χ0v) is 15.3. The summed E-state index contributed by atoms with van der Waals surface area (Å²) in [6.45, 7) is 1.44. The molecular weight excluding hydrogens is 358 g/mol. The molecule has 0 radical (unpaired) electrons. The topological polar surface area (TPSA) is 73.9 Å². The standard InChI is InChI=1S/C19H20ClNO5/c1-13-9-15(7-8-16(13)20)25-12-19(23)26-11-18(22)21-10-14-5-3-4-6-17(14)24-2/h3-9H,10-12H2,1-2H3,(H,21,22). The SMILES string of the molecule is COc1ccccc1CNC(=O)COC(=O)COc1ccc(Cl)c(C)c1. The molecule has 2 aromatic carbocycles. The first-order valence-corrected chi connectivity index (χ1v) is 8.30. The van der Waals surface area contributed by atoms with Gasteiger partial charge < -0.3 is 19.5 Å². The summed E-state index contributed by atoms with van der Waals surface area (Å²) in [5.74, 6) is 0.137. The first-order chi connectivity index (χ1) is 12.5. The Kier molecular flexibility index (Phi) is 7.29. The number of methoxy groups -OCH3 is 1. The normalized spacial score (nSPS) is 10.1. The monoisotopic (exact) mass is 377 g/mol. The lowest BCUT2D eigenvalue weighted by Gasteiger charge is -2.10. The smallest absolute Gasteiger partial charge is 0.344 e. The average molecular weight is 378 g/mol. The van der Waals surface area contributed by atoms with E-state index < -0.39 is 11.9 Å². The van der Waals surface area contributed by atoms with Crippen LogP contribution in [0.3, 0.4) is 0 Å². The van der Waals surface area contributed by atoms with Crippen molar-refractivity contribution in [3.63, 3.8) is 0 Å². The van der Waals surface area contributed by atoms with Crippen molar-refractivity contribution in [2.75, 3.05) is 20.3 Å². The molecule has 0 unspecified atom stereocenters. The van der Waals surface area contributed by atoms with Crippen molar-refractivity contribution in [1.82, 2.24) is 5.32 Å². The quantitative estimate of drug-likeness (QED) is 0.716. The Balaban J connectivity index is 1.71. The number of nitrogens with one attached hydrogen (secondary N) is 1. The zero-order chi connectivity index (χ0) is 18.9. The number of carbonyl (C=O) groups is 2. The maximum Gasteiger partial charge on any atom is 0.344 e. The molecule has 1 amide bonds. The predicted molar refractivity (Wildman–Crippen MR) is 97.5 cm³/mol. The van der Waals surface area contributed by atoms with Gasteiger partial charge in [0.15, 0.2) is 13.2 Å². The number of para-hydroxylation sites is 1. The Morgan fingerprint density at radius 1 is 1.12 bits per heavy atom. The number of ether oxygens (including phenoxy) is 3. The molecule has 0 aliphatic carbocycles. The molecule has 0 aliphatic heterocycles. The van der Waals surface area contributed by atoms with E-state index in [2.05, 4.69) is 5.32 Å². The fourth-order valence-corrected chi connectivity index (χ4v) is 2.25. The number of aryl methyl sites for hydroxylation is 1. The van der Waals surface area contributed by atoms with Gasteiger partial charge in [-0.1, -0.05) is 29.8 Å². The Morgan fingerprint density at radius 3 is 2.62 bits per heavy atom. The van der Waals surface area contributed by atoms with E-state index in [1.165, 1.54) is 0 Å². The van der Waals surface area contributed by atoms with Gasteiger partial charge in [-0.3, -0.25) is 4.79 Å². The van der Waals surface area contributed by atoms with E-state index in [0.717, 1.165) is 11.1 Å². The number of halogens is 1. The van der Waals surface area contributed by atoms with Crippen molar-refractivity contribution in [3.8, 4) is 11.5 Å². The Bertz CT molecular complexity index is 778. The van der Waals surface area contributed by atoms with Crippen LogP contribution in [0.2, 0.25) is 5.02 Å². The first kappa shape index (κ1) is 19.6. The van der Waals surface area contributed by atoms with E-state index in [4.69, 9.17) is 25.8 Å². The van der Waals surface area contributed by atoms with E-state index >= 15 is 0 Å². The van der Waals surface area contributed by atoms with Gasteiger partial charge in [0.05, 0.1) is 7.11 Å². The second-order valence-corrected chi connectivity index (χ2v) is 5.86. The fraction of sp³-hybridized carbons (Fsp3) is 0.263. The van der Waals surface area contributed by atoms with Crippen LogP contribution < -0.4 is 14.8 Å². The van der Waals surface area contributed by atoms with Gasteiger partial charge in [0.1, 0.15) is 11.5 Å². The van der Waals surface area contributed by atoms with Crippen molar-refractivity contribution in [1.29, 1.82) is 0 Å². The van der Waals surface area contributed by atoms with Crippen molar-refractivity contribution < 1.29 is 23.8 Å². The Hall–Kier alpha value is -2.73. The Labute approximate surface area is 157 Å². The second-order valence-electron chi connectivity index (χ2n) is 5.45. The van der Waals surface area contributed by atoms with Gasteiger partial charge in [-0.15, -0.1) is 0 Å². The van der Waals surface area contributed by atoms with Crippen molar-refractivity contribution in [2.24, 2.45) is 0 Å². The lowest BCUT2D eigenvalue weighted by atomic mass is 10.2. The molecular formula is C19H20ClNO5. The minimum atomic E-state index is -0.634. The van der Waals surface area contributed by atoms with Gasteiger partial charge in [-0.25, -0.2) is 4.79 Å². The van der Waals surface area contributed by atoms with Crippen molar-refractivity contribution in [2.45, 2.75) is 13.5 Å². The summed E-state index contributed by atoms with van der Waals surface area (Å²) in [6.07, 6.45) is 0. The average Bonchev–Trinajstić information content (AvgIpc) is 2.65. The molecule has 0 saturated heterocycles. The van der Waals surface area contributed by atoms with Gasteiger partial charge in [0.25, 0.3) is 5.91 Å². The molecule has 0 aliphatic rings. The number of hydrogen-bond acceptors (Lipinski definition) is 5. The zero-order valence-electron chi connectivity index (χ0n) is 14.6. The van der Waals surface area contributed by atoms with Crippen LogP contribution in [0.15, 0.2) is 42.5 Å². The summed E-state index contributed by atoms with van der Waals surface area (Å²) in [7, 11) is 1.56. The maximum atomic E-state index is 11.8. The third-order valence-electron chi connectivity index (χ3n) is 3.52. The summed E-state index contributed by atoms with van der Waals surface area (Å²) in [5.41, 5.74) is 1.67. The molecule has 138 valence electrons. The van der Waals surface area contributed by atoms with Crippen LogP contribution in [0.25, 0.3) is 0 Å². The number of esters is 1. The number of rotatable bonds is 8. The predicted octanol–water partition coefficient (Wildman–Crippen LogP) is 2.90. The van der Waals surface area contributed by atoms with Crippen LogP contribution in [0.1, 0.15) is 11.1 Å². The van der Waals surface area contributed by atoms with Gasteiger partial charge in [-0.05, 0) is 36.8 Å². The van der Waals surface area contributed by atoms with E-state index in [9.17, 15) is 9.59 Å². The van der Waals surface area contributed by atoms with Crippen LogP contribution in [0.5, 0.6) is 11.5 Å².